The minimum absolute atomic E-state index is 0.0152. The van der Waals surface area contributed by atoms with E-state index in [0.29, 0.717) is 23.3 Å². The number of amidine groups is 1. The Labute approximate surface area is 180 Å². The molecule has 0 saturated carbocycles. The predicted molar refractivity (Wildman–Crippen MR) is 120 cm³/mol. The molecule has 0 fully saturated rings. The molecule has 3 rings (SSSR count). The molecule has 0 unspecified atom stereocenters. The van der Waals surface area contributed by atoms with Crippen molar-refractivity contribution < 1.29 is 14.3 Å². The quantitative estimate of drug-likeness (QED) is 0.212. The molecule has 31 heavy (non-hydrogen) atoms. The number of amides is 1. The Hall–Kier alpha value is -3.68. The fraction of sp³-hybridized carbons (Fsp3) is 0.304. The molecule has 0 spiro atoms. The average Bonchev–Trinajstić information content (AvgIpc) is 3.09. The van der Waals surface area contributed by atoms with Crippen LogP contribution in [0.15, 0.2) is 42.5 Å². The zero-order valence-electron chi connectivity index (χ0n) is 17.8. The van der Waals surface area contributed by atoms with Gasteiger partial charge in [0.1, 0.15) is 11.7 Å². The molecule has 8 nitrogen and oxygen atoms in total. The number of nitrogens with one attached hydrogen (secondary N) is 2. The summed E-state index contributed by atoms with van der Waals surface area (Å²) in [6, 6.07) is 12.6. The number of hydrogen-bond donors (Lipinski definition) is 3. The van der Waals surface area contributed by atoms with Crippen LogP contribution in [-0.4, -0.2) is 40.4 Å². The maximum absolute atomic E-state index is 12.5. The molecule has 0 bridgehead atoms. The van der Waals surface area contributed by atoms with Gasteiger partial charge in [0.25, 0.3) is 5.91 Å². The van der Waals surface area contributed by atoms with E-state index < -0.39 is 0 Å². The number of aromatic nitrogens is 2. The zero-order chi connectivity index (χ0) is 22.4. The number of esters is 1. The molecular weight excluding hydrogens is 394 g/mol. The molecule has 0 aliphatic heterocycles. The molecule has 1 amide bonds. The highest BCUT2D eigenvalue weighted by Gasteiger charge is 2.13. The van der Waals surface area contributed by atoms with Crippen LogP contribution in [0.5, 0.6) is 0 Å². The largest absolute Gasteiger partial charge is 0.466 e. The van der Waals surface area contributed by atoms with Crippen LogP contribution < -0.4 is 11.1 Å². The molecule has 0 aliphatic rings. The summed E-state index contributed by atoms with van der Waals surface area (Å²) >= 11 is 0. The fourth-order valence-corrected chi connectivity index (χ4v) is 3.18. The minimum atomic E-state index is -0.311. The van der Waals surface area contributed by atoms with Gasteiger partial charge in [-0.15, -0.1) is 0 Å². The monoisotopic (exact) mass is 421 g/mol. The van der Waals surface area contributed by atoms with Crippen molar-refractivity contribution in [2.75, 3.05) is 13.2 Å². The molecule has 8 heteroatoms. The van der Waals surface area contributed by atoms with Crippen molar-refractivity contribution in [2.45, 2.75) is 26.2 Å². The summed E-state index contributed by atoms with van der Waals surface area (Å²) in [4.78, 5) is 28.8. The Morgan fingerprint density at radius 2 is 1.87 bits per heavy atom. The van der Waals surface area contributed by atoms with Crippen molar-refractivity contribution in [3.8, 4) is 11.4 Å². The first-order chi connectivity index (χ1) is 14.9. The lowest BCUT2D eigenvalue weighted by Gasteiger charge is -2.06. The van der Waals surface area contributed by atoms with Gasteiger partial charge < -0.3 is 20.4 Å². The van der Waals surface area contributed by atoms with E-state index in [1.807, 2.05) is 36.7 Å². The van der Waals surface area contributed by atoms with E-state index in [9.17, 15) is 9.59 Å². The highest BCUT2D eigenvalue weighted by atomic mass is 16.5. The third-order valence-electron chi connectivity index (χ3n) is 4.97. The number of imidazole rings is 1. The maximum Gasteiger partial charge on any atom is 0.307 e. The van der Waals surface area contributed by atoms with Gasteiger partial charge in [-0.05, 0) is 24.6 Å². The molecule has 0 atom stereocenters. The Morgan fingerprint density at radius 1 is 1.16 bits per heavy atom. The predicted octanol–water partition coefficient (Wildman–Crippen LogP) is 2.99. The molecule has 162 valence electrons. The van der Waals surface area contributed by atoms with Crippen molar-refractivity contribution in [3.63, 3.8) is 0 Å². The van der Waals surface area contributed by atoms with Gasteiger partial charge in [0.05, 0.1) is 24.1 Å². The van der Waals surface area contributed by atoms with Gasteiger partial charge in [-0.1, -0.05) is 37.6 Å². The van der Waals surface area contributed by atoms with E-state index in [0.717, 1.165) is 29.7 Å². The normalized spacial score (nSPS) is 10.8. The summed E-state index contributed by atoms with van der Waals surface area (Å²) in [7, 11) is 1.91. The van der Waals surface area contributed by atoms with Crippen molar-refractivity contribution in [1.82, 2.24) is 14.9 Å². The number of nitrogens with zero attached hydrogens (tertiary/aromatic N) is 2. The van der Waals surface area contributed by atoms with E-state index in [1.165, 1.54) is 0 Å². The zero-order valence-corrected chi connectivity index (χ0v) is 17.8. The molecular formula is C23H27N5O3. The summed E-state index contributed by atoms with van der Waals surface area (Å²) in [6.07, 6.45) is 1.94. The first kappa shape index (κ1) is 22.0. The van der Waals surface area contributed by atoms with Crippen LogP contribution >= 0.6 is 0 Å². The number of carbonyl (C=O) groups is 2. The smallest absolute Gasteiger partial charge is 0.307 e. The lowest BCUT2D eigenvalue weighted by molar-refractivity contribution is -0.143. The topological polar surface area (TPSA) is 123 Å². The number of benzene rings is 2. The number of carbonyl (C=O) groups excluding carboxylic acids is 2. The van der Waals surface area contributed by atoms with Crippen molar-refractivity contribution in [2.24, 2.45) is 12.8 Å². The molecule has 0 radical (unpaired) electrons. The first-order valence-corrected chi connectivity index (χ1v) is 10.3. The second kappa shape index (κ2) is 9.88. The number of fused-ring (bicyclic) bond motifs is 1. The summed E-state index contributed by atoms with van der Waals surface area (Å²) in [6.45, 7) is 2.66. The third kappa shape index (κ3) is 5.28. The standard InChI is InChI=1S/C23H27N5O3/c1-3-4-13-31-20(29)11-12-26-23(30)17-9-10-19-18(14-17)27-22(28(19)2)16-7-5-15(6-8-16)21(24)25/h5-10,14H,3-4,11-13H2,1-2H3,(H3,24,25)(H,26,30). The number of unbranched alkanes of at least 4 members (excludes halogenated alkanes) is 1. The lowest BCUT2D eigenvalue weighted by atomic mass is 10.1. The highest BCUT2D eigenvalue weighted by Crippen LogP contribution is 2.24. The van der Waals surface area contributed by atoms with E-state index in [-0.39, 0.29) is 30.7 Å². The van der Waals surface area contributed by atoms with E-state index in [2.05, 4.69) is 10.3 Å². The van der Waals surface area contributed by atoms with Crippen molar-refractivity contribution in [1.29, 1.82) is 5.41 Å². The fourth-order valence-electron chi connectivity index (χ4n) is 3.18. The third-order valence-corrected chi connectivity index (χ3v) is 4.97. The van der Waals surface area contributed by atoms with Gasteiger partial charge in [-0.3, -0.25) is 15.0 Å². The van der Waals surface area contributed by atoms with Crippen LogP contribution in [0, 0.1) is 5.41 Å². The number of hydrogen-bond acceptors (Lipinski definition) is 5. The summed E-state index contributed by atoms with van der Waals surface area (Å²) in [5.74, 6) is 0.189. The van der Waals surface area contributed by atoms with Crippen LogP contribution in [0.25, 0.3) is 22.4 Å². The van der Waals surface area contributed by atoms with Crippen molar-refractivity contribution in [3.05, 3.63) is 53.6 Å². The Balaban J connectivity index is 1.69. The van der Waals surface area contributed by atoms with E-state index >= 15 is 0 Å². The molecule has 1 heterocycles. The van der Waals surface area contributed by atoms with Crippen LogP contribution in [0.4, 0.5) is 0 Å². The van der Waals surface area contributed by atoms with Gasteiger partial charge in [-0.25, -0.2) is 4.98 Å². The number of nitrogens with two attached hydrogens (primary N) is 1. The lowest BCUT2D eigenvalue weighted by Crippen LogP contribution is -2.26. The number of ether oxygens (including phenoxy) is 1. The Morgan fingerprint density at radius 3 is 2.55 bits per heavy atom. The average molecular weight is 422 g/mol. The Bertz CT molecular complexity index is 1100. The second-order valence-corrected chi connectivity index (χ2v) is 7.27. The Kier molecular flexibility index (Phi) is 7.02. The van der Waals surface area contributed by atoms with Crippen LogP contribution in [-0.2, 0) is 16.6 Å². The molecule has 0 aliphatic carbocycles. The van der Waals surface area contributed by atoms with Crippen LogP contribution in [0.2, 0.25) is 0 Å². The molecule has 0 saturated heterocycles. The summed E-state index contributed by atoms with van der Waals surface area (Å²) in [5.41, 5.74) is 9.11. The van der Waals surface area contributed by atoms with Crippen LogP contribution in [0.1, 0.15) is 42.1 Å². The molecule has 1 aromatic heterocycles. The maximum atomic E-state index is 12.5. The van der Waals surface area contributed by atoms with E-state index in [1.54, 1.807) is 24.3 Å². The molecule has 4 N–H and O–H groups in total. The highest BCUT2D eigenvalue weighted by molar-refractivity contribution is 5.98. The van der Waals surface area contributed by atoms with E-state index in [4.69, 9.17) is 15.9 Å². The van der Waals surface area contributed by atoms with Gasteiger partial charge in [0.15, 0.2) is 0 Å². The SMILES string of the molecule is CCCCOC(=O)CCNC(=O)c1ccc2c(c1)nc(-c1ccc(C(=N)N)cc1)n2C. The van der Waals surface area contributed by atoms with Gasteiger partial charge in [-0.2, -0.15) is 0 Å². The number of nitrogen functional groups attached to an aromatic ring is 1. The van der Waals surface area contributed by atoms with Gasteiger partial charge in [0, 0.05) is 30.3 Å². The van der Waals surface area contributed by atoms with Crippen LogP contribution in [0.3, 0.4) is 0 Å². The summed E-state index contributed by atoms with van der Waals surface area (Å²) < 4.78 is 7.03. The molecule has 2 aromatic carbocycles. The summed E-state index contributed by atoms with van der Waals surface area (Å²) in [5, 5.41) is 10.3. The second-order valence-electron chi connectivity index (χ2n) is 7.27. The van der Waals surface area contributed by atoms with Gasteiger partial charge >= 0.3 is 5.97 Å². The number of aryl methyl sites for hydroxylation is 1. The minimum Gasteiger partial charge on any atom is -0.466 e. The first-order valence-electron chi connectivity index (χ1n) is 10.3. The number of rotatable bonds is 9. The van der Waals surface area contributed by atoms with Crippen molar-refractivity contribution >= 4 is 28.7 Å². The molecule has 3 aromatic rings. The van der Waals surface area contributed by atoms with Gasteiger partial charge in [0.2, 0.25) is 0 Å².